The fourth-order valence-electron chi connectivity index (χ4n) is 4.81. The zero-order valence-corrected chi connectivity index (χ0v) is 22.2. The summed E-state index contributed by atoms with van der Waals surface area (Å²) in [6.45, 7) is 3.24. The summed E-state index contributed by atoms with van der Waals surface area (Å²) in [4.78, 5) is 44.9. The Labute approximate surface area is 223 Å². The van der Waals surface area contributed by atoms with E-state index in [4.69, 9.17) is 16.0 Å². The highest BCUT2D eigenvalue weighted by Gasteiger charge is 2.37. The molecule has 2 saturated heterocycles. The van der Waals surface area contributed by atoms with E-state index in [-0.39, 0.29) is 43.3 Å². The summed E-state index contributed by atoms with van der Waals surface area (Å²) < 4.78 is 7.37. The summed E-state index contributed by atoms with van der Waals surface area (Å²) >= 11 is 7.56. The molecule has 0 bridgehead atoms. The van der Waals surface area contributed by atoms with Crippen LogP contribution in [-0.2, 0) is 11.3 Å². The topological polar surface area (TPSA) is 112 Å². The molecule has 12 heteroatoms. The molecule has 0 saturated carbocycles. The number of aryl methyl sites for hydroxylation is 1. The number of carbonyl (C=O) groups excluding carboxylic acids is 3. The highest BCUT2D eigenvalue weighted by Crippen LogP contribution is 2.33. The van der Waals surface area contributed by atoms with Gasteiger partial charge in [-0.15, -0.1) is 11.3 Å². The van der Waals surface area contributed by atoms with Crippen molar-refractivity contribution in [2.24, 2.45) is 0 Å². The number of amides is 3. The van der Waals surface area contributed by atoms with E-state index in [0.717, 1.165) is 4.88 Å². The number of aromatic nitrogens is 2. The summed E-state index contributed by atoms with van der Waals surface area (Å²) in [6.07, 6.45) is 2.03. The lowest BCUT2D eigenvalue weighted by Gasteiger charge is -2.32. The maximum absolute atomic E-state index is 13.4. The third-order valence-corrected chi connectivity index (χ3v) is 8.01. The van der Waals surface area contributed by atoms with Crippen molar-refractivity contribution >= 4 is 46.6 Å². The number of hydrogen-bond donors (Lipinski definition) is 1. The van der Waals surface area contributed by atoms with Gasteiger partial charge in [0.25, 0.3) is 5.91 Å². The predicted molar refractivity (Wildman–Crippen MR) is 138 cm³/mol. The van der Waals surface area contributed by atoms with Crippen molar-refractivity contribution in [2.75, 3.05) is 31.6 Å². The Balaban J connectivity index is 1.38. The van der Waals surface area contributed by atoms with Crippen molar-refractivity contribution < 1.29 is 23.9 Å². The predicted octanol–water partition coefficient (Wildman–Crippen LogP) is 3.72. The van der Waals surface area contributed by atoms with E-state index in [9.17, 15) is 19.5 Å². The third-order valence-electron chi connectivity index (χ3n) is 6.80. The molecule has 0 spiro atoms. The molecule has 2 aliphatic heterocycles. The van der Waals surface area contributed by atoms with Gasteiger partial charge in [-0.1, -0.05) is 11.6 Å². The summed E-state index contributed by atoms with van der Waals surface area (Å²) in [5.74, 6) is 0.356. The van der Waals surface area contributed by atoms with Crippen LogP contribution in [0.25, 0.3) is 0 Å². The Hall–Kier alpha value is -3.15. The first-order valence-corrected chi connectivity index (χ1v) is 13.3. The van der Waals surface area contributed by atoms with Gasteiger partial charge in [0.2, 0.25) is 5.91 Å². The standard InChI is InChI=1S/C25H28ClN5O5S/c1-15-9-17(14-36-15)24(34)31-22(28(2)13-19-3-4-21(26)37-19)11-20(27-31)16-5-8-30(23(33)10-16)25(35)29-7-6-18(32)12-29/h3-4,9,11,14,16,18,32H,5-8,10,12-13H2,1-2H3. The largest absolute Gasteiger partial charge is 0.469 e. The van der Waals surface area contributed by atoms with E-state index < -0.39 is 6.10 Å². The van der Waals surface area contributed by atoms with Crippen molar-refractivity contribution in [2.45, 2.75) is 44.8 Å². The van der Waals surface area contributed by atoms with Gasteiger partial charge in [0.05, 0.1) is 28.2 Å². The number of carbonyl (C=O) groups is 3. The molecule has 2 fully saturated rings. The van der Waals surface area contributed by atoms with Crippen molar-refractivity contribution in [1.29, 1.82) is 0 Å². The number of hydrogen-bond acceptors (Lipinski definition) is 8. The quantitative estimate of drug-likeness (QED) is 0.520. The maximum Gasteiger partial charge on any atom is 0.326 e. The number of likely N-dealkylation sites (tertiary alicyclic amines) is 2. The van der Waals surface area contributed by atoms with Crippen molar-refractivity contribution in [1.82, 2.24) is 19.6 Å². The summed E-state index contributed by atoms with van der Waals surface area (Å²) in [5.41, 5.74) is 1.00. The molecule has 2 atom stereocenters. The number of halogens is 1. The second-order valence-electron chi connectivity index (χ2n) is 9.56. The number of rotatable bonds is 5. The molecule has 196 valence electrons. The zero-order chi connectivity index (χ0) is 26.3. The van der Waals surface area contributed by atoms with Gasteiger partial charge in [-0.2, -0.15) is 9.78 Å². The molecule has 2 aliphatic rings. The molecular formula is C25H28ClN5O5S. The number of thiophene rings is 1. The smallest absolute Gasteiger partial charge is 0.326 e. The van der Waals surface area contributed by atoms with Crippen LogP contribution in [0.2, 0.25) is 4.34 Å². The second kappa shape index (κ2) is 10.3. The van der Waals surface area contributed by atoms with E-state index in [1.54, 1.807) is 13.0 Å². The fraction of sp³-hybridized carbons (Fsp3) is 0.440. The Morgan fingerprint density at radius 1 is 1.27 bits per heavy atom. The summed E-state index contributed by atoms with van der Waals surface area (Å²) in [7, 11) is 1.87. The van der Waals surface area contributed by atoms with Crippen LogP contribution in [0.1, 0.15) is 51.9 Å². The van der Waals surface area contributed by atoms with Crippen LogP contribution in [0.5, 0.6) is 0 Å². The lowest BCUT2D eigenvalue weighted by molar-refractivity contribution is -0.131. The summed E-state index contributed by atoms with van der Waals surface area (Å²) in [5, 5.41) is 14.4. The first-order valence-electron chi connectivity index (χ1n) is 12.1. The lowest BCUT2D eigenvalue weighted by atomic mass is 9.93. The average Bonchev–Trinajstić information content (AvgIpc) is 3.66. The molecule has 0 radical (unpaired) electrons. The van der Waals surface area contributed by atoms with Gasteiger partial charge in [0.1, 0.15) is 17.8 Å². The van der Waals surface area contributed by atoms with Crippen LogP contribution in [0.4, 0.5) is 10.6 Å². The fourth-order valence-corrected chi connectivity index (χ4v) is 5.95. The van der Waals surface area contributed by atoms with Gasteiger partial charge in [-0.25, -0.2) is 4.79 Å². The molecule has 3 aromatic heterocycles. The number of aliphatic hydroxyl groups is 1. The lowest BCUT2D eigenvalue weighted by Crippen LogP contribution is -2.48. The number of anilines is 1. The Morgan fingerprint density at radius 2 is 2.08 bits per heavy atom. The Kier molecular flexibility index (Phi) is 7.11. The zero-order valence-electron chi connectivity index (χ0n) is 20.6. The molecule has 0 aromatic carbocycles. The minimum absolute atomic E-state index is 0.113. The molecule has 37 heavy (non-hydrogen) atoms. The maximum atomic E-state index is 13.4. The van der Waals surface area contributed by atoms with E-state index >= 15 is 0 Å². The highest BCUT2D eigenvalue weighted by atomic mass is 35.5. The molecule has 0 aliphatic carbocycles. The number of imide groups is 1. The highest BCUT2D eigenvalue weighted by molar-refractivity contribution is 7.16. The molecule has 10 nitrogen and oxygen atoms in total. The second-order valence-corrected chi connectivity index (χ2v) is 11.4. The van der Waals surface area contributed by atoms with Gasteiger partial charge < -0.3 is 19.3 Å². The molecule has 3 amide bonds. The van der Waals surface area contributed by atoms with Gasteiger partial charge >= 0.3 is 6.03 Å². The molecular weight excluding hydrogens is 518 g/mol. The normalized spacial score (nSPS) is 20.1. The average molecular weight is 546 g/mol. The molecule has 5 heterocycles. The monoisotopic (exact) mass is 545 g/mol. The SMILES string of the molecule is Cc1cc(C(=O)n2nc(C3CCN(C(=O)N4CCC(O)C4)C(=O)C3)cc2N(C)Cc2ccc(Cl)s2)co1. The van der Waals surface area contributed by atoms with Crippen LogP contribution in [-0.4, -0.2) is 75.3 Å². The number of piperidine rings is 1. The number of nitrogens with zero attached hydrogens (tertiary/aromatic N) is 5. The first-order chi connectivity index (χ1) is 17.7. The van der Waals surface area contributed by atoms with Crippen LogP contribution < -0.4 is 4.90 Å². The molecule has 5 rings (SSSR count). The minimum Gasteiger partial charge on any atom is -0.469 e. The summed E-state index contributed by atoms with van der Waals surface area (Å²) in [6, 6.07) is 6.92. The number of aliphatic hydroxyl groups excluding tert-OH is 1. The van der Waals surface area contributed by atoms with E-state index in [1.807, 2.05) is 30.1 Å². The van der Waals surface area contributed by atoms with Crippen LogP contribution in [0, 0.1) is 6.92 Å². The van der Waals surface area contributed by atoms with E-state index in [2.05, 4.69) is 5.10 Å². The van der Waals surface area contributed by atoms with E-state index in [1.165, 1.54) is 32.1 Å². The number of furan rings is 1. The van der Waals surface area contributed by atoms with Crippen molar-refractivity contribution in [3.8, 4) is 0 Å². The number of β-amino-alcohol motifs (C(OH)–C–C–N with tert-alkyl or cyclic N) is 1. The number of urea groups is 1. The van der Waals surface area contributed by atoms with Crippen LogP contribution in [0.3, 0.4) is 0 Å². The first kappa shape index (κ1) is 25.5. The Morgan fingerprint density at radius 3 is 2.70 bits per heavy atom. The minimum atomic E-state index is -0.544. The van der Waals surface area contributed by atoms with Gasteiger partial charge in [0.15, 0.2) is 0 Å². The van der Waals surface area contributed by atoms with Gasteiger partial charge in [0, 0.05) is 50.0 Å². The molecule has 2 unspecified atom stereocenters. The molecule has 3 aromatic rings. The van der Waals surface area contributed by atoms with Crippen LogP contribution in [0.15, 0.2) is 34.9 Å². The third kappa shape index (κ3) is 5.29. The van der Waals surface area contributed by atoms with Crippen molar-refractivity contribution in [3.05, 3.63) is 56.8 Å². The molecule has 1 N–H and O–H groups in total. The van der Waals surface area contributed by atoms with Crippen molar-refractivity contribution in [3.63, 3.8) is 0 Å². The van der Waals surface area contributed by atoms with E-state index in [0.29, 0.717) is 53.1 Å². The van der Waals surface area contributed by atoms with Crippen LogP contribution >= 0.6 is 22.9 Å². The van der Waals surface area contributed by atoms with Gasteiger partial charge in [-0.05, 0) is 38.0 Å². The van der Waals surface area contributed by atoms with Gasteiger partial charge in [-0.3, -0.25) is 14.5 Å². The Bertz CT molecular complexity index is 1330.